The van der Waals surface area contributed by atoms with Gasteiger partial charge in [-0.3, -0.25) is 19.0 Å². The summed E-state index contributed by atoms with van der Waals surface area (Å²) in [6.45, 7) is 5.10. The Bertz CT molecular complexity index is 1260. The molecule has 0 fully saturated rings. The van der Waals surface area contributed by atoms with Crippen molar-refractivity contribution in [2.75, 3.05) is 5.32 Å². The quantitative estimate of drug-likeness (QED) is 0.570. The number of amides is 1. The molecule has 4 rings (SSSR count). The first-order chi connectivity index (χ1) is 14.0. The highest BCUT2D eigenvalue weighted by Crippen LogP contribution is 2.12. The van der Waals surface area contributed by atoms with E-state index in [-0.39, 0.29) is 11.1 Å². The molecule has 0 unspecified atom stereocenters. The van der Waals surface area contributed by atoms with Crippen LogP contribution in [-0.4, -0.2) is 25.5 Å². The van der Waals surface area contributed by atoms with Gasteiger partial charge in [-0.2, -0.15) is 10.2 Å². The third-order valence-electron chi connectivity index (χ3n) is 4.70. The van der Waals surface area contributed by atoms with Gasteiger partial charge >= 0.3 is 0 Å². The lowest BCUT2D eigenvalue weighted by molar-refractivity contribution is 0.101. The van der Waals surface area contributed by atoms with Crippen molar-refractivity contribution >= 4 is 22.5 Å². The molecule has 1 amide bonds. The lowest BCUT2D eigenvalue weighted by Crippen LogP contribution is -2.26. The minimum Gasteiger partial charge on any atom is -0.318 e. The van der Waals surface area contributed by atoms with Crippen LogP contribution in [0.2, 0.25) is 0 Å². The number of carbonyl (C=O) groups is 1. The number of carbonyl (C=O) groups excluding carboxylic acids is 1. The second kappa shape index (κ2) is 7.71. The molecule has 146 valence electrons. The van der Waals surface area contributed by atoms with Crippen LogP contribution in [0.15, 0.2) is 65.7 Å². The number of para-hydroxylation sites is 1. The summed E-state index contributed by atoms with van der Waals surface area (Å²) in [4.78, 5) is 25.5. The Kier molecular flexibility index (Phi) is 4.95. The monoisotopic (exact) mass is 387 g/mol. The van der Waals surface area contributed by atoms with E-state index < -0.39 is 5.91 Å². The van der Waals surface area contributed by atoms with Gasteiger partial charge in [0.25, 0.3) is 5.91 Å². The van der Waals surface area contributed by atoms with E-state index in [9.17, 15) is 9.59 Å². The molecule has 29 heavy (non-hydrogen) atoms. The molecular weight excluding hydrogens is 366 g/mol. The van der Waals surface area contributed by atoms with Gasteiger partial charge in [-0.1, -0.05) is 42.0 Å². The molecule has 0 aliphatic carbocycles. The van der Waals surface area contributed by atoms with Crippen LogP contribution in [0, 0.1) is 6.92 Å². The van der Waals surface area contributed by atoms with Gasteiger partial charge in [-0.15, -0.1) is 0 Å². The lowest BCUT2D eigenvalue weighted by Gasteiger charge is -2.09. The van der Waals surface area contributed by atoms with Crippen LogP contribution in [0.5, 0.6) is 0 Å². The van der Waals surface area contributed by atoms with E-state index in [2.05, 4.69) is 21.6 Å². The average Bonchev–Trinajstić information content (AvgIpc) is 3.15. The number of rotatable bonds is 5. The number of benzene rings is 2. The van der Waals surface area contributed by atoms with Gasteiger partial charge in [0.2, 0.25) is 5.43 Å². The van der Waals surface area contributed by atoms with Gasteiger partial charge in [0.15, 0.2) is 5.69 Å². The van der Waals surface area contributed by atoms with Crippen molar-refractivity contribution < 1.29 is 4.79 Å². The first kappa shape index (κ1) is 18.6. The van der Waals surface area contributed by atoms with Crippen molar-refractivity contribution in [2.45, 2.75) is 26.9 Å². The van der Waals surface area contributed by atoms with Gasteiger partial charge in [0.05, 0.1) is 23.9 Å². The average molecular weight is 387 g/mol. The number of aryl methyl sites for hydroxylation is 2. The Morgan fingerprint density at radius 3 is 2.76 bits per heavy atom. The fourth-order valence-corrected chi connectivity index (χ4v) is 3.33. The maximum Gasteiger partial charge on any atom is 0.280 e. The summed E-state index contributed by atoms with van der Waals surface area (Å²) in [5, 5.41) is 11.8. The summed E-state index contributed by atoms with van der Waals surface area (Å²) in [6, 6.07) is 15.3. The zero-order chi connectivity index (χ0) is 20.4. The molecule has 0 saturated heterocycles. The molecule has 7 heteroatoms. The highest BCUT2D eigenvalue weighted by Gasteiger charge is 2.17. The summed E-state index contributed by atoms with van der Waals surface area (Å²) >= 11 is 0. The molecule has 2 heterocycles. The van der Waals surface area contributed by atoms with Crippen molar-refractivity contribution in [1.29, 1.82) is 0 Å². The van der Waals surface area contributed by atoms with E-state index in [1.165, 1.54) is 5.56 Å². The molecule has 0 atom stereocenters. The fraction of sp³-hybridized carbons (Fsp3) is 0.182. The van der Waals surface area contributed by atoms with Crippen LogP contribution in [-0.2, 0) is 13.1 Å². The van der Waals surface area contributed by atoms with Crippen LogP contribution in [0.3, 0.4) is 0 Å². The predicted octanol–water partition coefficient (Wildman–Crippen LogP) is 3.22. The van der Waals surface area contributed by atoms with Crippen LogP contribution >= 0.6 is 0 Å². The zero-order valence-corrected chi connectivity index (χ0v) is 16.3. The molecule has 0 radical (unpaired) electrons. The Morgan fingerprint density at radius 1 is 1.14 bits per heavy atom. The highest BCUT2D eigenvalue weighted by atomic mass is 16.2. The molecule has 0 bridgehead atoms. The third-order valence-corrected chi connectivity index (χ3v) is 4.70. The highest BCUT2D eigenvalue weighted by molar-refractivity contribution is 6.04. The van der Waals surface area contributed by atoms with E-state index in [4.69, 9.17) is 0 Å². The normalized spacial score (nSPS) is 11.0. The van der Waals surface area contributed by atoms with Crippen molar-refractivity contribution in [1.82, 2.24) is 19.6 Å². The minimum absolute atomic E-state index is 0.128. The molecule has 0 spiro atoms. The molecule has 4 aromatic rings. The van der Waals surface area contributed by atoms with Crippen molar-refractivity contribution in [3.8, 4) is 0 Å². The van der Waals surface area contributed by atoms with Crippen LogP contribution in [0.25, 0.3) is 10.9 Å². The predicted molar refractivity (Wildman–Crippen MR) is 112 cm³/mol. The standard InChI is InChI=1S/C22H21N5O2/c1-3-27-19-10-5-4-9-18(19)21(28)20(25-27)22(29)24-17-12-23-26(14-17)13-16-8-6-7-15(2)11-16/h4-12,14H,3,13H2,1-2H3,(H,24,29). The summed E-state index contributed by atoms with van der Waals surface area (Å²) in [5.41, 5.74) is 3.01. The Balaban J connectivity index is 1.58. The molecule has 2 aromatic heterocycles. The SMILES string of the molecule is CCn1nc(C(=O)Nc2cnn(Cc3cccc(C)c3)c2)c(=O)c2ccccc21. The summed E-state index contributed by atoms with van der Waals surface area (Å²) in [6.07, 6.45) is 3.30. The van der Waals surface area contributed by atoms with E-state index in [0.29, 0.717) is 29.7 Å². The van der Waals surface area contributed by atoms with Crippen LogP contribution in [0.1, 0.15) is 28.5 Å². The molecule has 0 aliphatic rings. The summed E-state index contributed by atoms with van der Waals surface area (Å²) < 4.78 is 3.40. The lowest BCUT2D eigenvalue weighted by atomic mass is 10.1. The molecule has 1 N–H and O–H groups in total. The number of anilines is 1. The molecule has 0 saturated carbocycles. The van der Waals surface area contributed by atoms with Crippen LogP contribution < -0.4 is 10.7 Å². The van der Waals surface area contributed by atoms with E-state index >= 15 is 0 Å². The fourth-order valence-electron chi connectivity index (χ4n) is 3.33. The maximum absolute atomic E-state index is 12.7. The minimum atomic E-state index is -0.543. The second-order valence-electron chi connectivity index (χ2n) is 6.88. The zero-order valence-electron chi connectivity index (χ0n) is 16.3. The maximum atomic E-state index is 12.7. The number of hydrogen-bond acceptors (Lipinski definition) is 4. The number of hydrogen-bond donors (Lipinski definition) is 1. The van der Waals surface area contributed by atoms with E-state index in [1.807, 2.05) is 44.2 Å². The largest absolute Gasteiger partial charge is 0.318 e. The molecule has 2 aromatic carbocycles. The van der Waals surface area contributed by atoms with Crippen molar-refractivity contribution in [3.63, 3.8) is 0 Å². The van der Waals surface area contributed by atoms with Crippen molar-refractivity contribution in [2.24, 2.45) is 0 Å². The van der Waals surface area contributed by atoms with Crippen molar-refractivity contribution in [3.05, 3.63) is 88.0 Å². The van der Waals surface area contributed by atoms with Gasteiger partial charge < -0.3 is 5.32 Å². The number of aromatic nitrogens is 4. The smallest absolute Gasteiger partial charge is 0.280 e. The topological polar surface area (TPSA) is 81.8 Å². The van der Waals surface area contributed by atoms with Gasteiger partial charge in [0.1, 0.15) is 0 Å². The number of fused-ring (bicyclic) bond motifs is 1. The van der Waals surface area contributed by atoms with E-state index in [1.54, 1.807) is 33.9 Å². The number of nitrogens with zero attached hydrogens (tertiary/aromatic N) is 4. The molecular formula is C22H21N5O2. The Morgan fingerprint density at radius 2 is 1.97 bits per heavy atom. The summed E-state index contributed by atoms with van der Waals surface area (Å²) in [7, 11) is 0. The molecule has 7 nitrogen and oxygen atoms in total. The van der Waals surface area contributed by atoms with E-state index in [0.717, 1.165) is 5.56 Å². The third kappa shape index (κ3) is 3.80. The Hall–Kier alpha value is -3.74. The van der Waals surface area contributed by atoms with Gasteiger partial charge in [-0.25, -0.2) is 0 Å². The van der Waals surface area contributed by atoms with Gasteiger partial charge in [-0.05, 0) is 31.5 Å². The first-order valence-corrected chi connectivity index (χ1v) is 9.44. The summed E-state index contributed by atoms with van der Waals surface area (Å²) in [5.74, 6) is -0.543. The molecule has 0 aliphatic heterocycles. The van der Waals surface area contributed by atoms with Crippen LogP contribution in [0.4, 0.5) is 5.69 Å². The first-order valence-electron chi connectivity index (χ1n) is 9.44. The second-order valence-corrected chi connectivity index (χ2v) is 6.88. The van der Waals surface area contributed by atoms with Gasteiger partial charge in [0, 0.05) is 18.1 Å². The number of nitrogens with one attached hydrogen (secondary N) is 1. The Labute approximate surface area is 167 Å².